The molecule has 0 aliphatic heterocycles. The Bertz CT molecular complexity index is 279. The topological polar surface area (TPSA) is 51.0 Å². The van der Waals surface area contributed by atoms with Gasteiger partial charge in [-0.1, -0.05) is 12.8 Å². The van der Waals surface area contributed by atoms with Crippen LogP contribution in [-0.4, -0.2) is 23.8 Å². The second-order valence-corrected chi connectivity index (χ2v) is 3.87. The maximum Gasteiger partial charge on any atom is 0.219 e. The molecule has 1 aromatic heterocycles. The highest BCUT2D eigenvalue weighted by atomic mass is 16.4. The molecule has 0 atom stereocenters. The number of nitrogens with one attached hydrogen (secondary N) is 1. The van der Waals surface area contributed by atoms with Gasteiger partial charge >= 0.3 is 0 Å². The zero-order chi connectivity index (χ0) is 9.80. The zero-order valence-corrected chi connectivity index (χ0v) is 8.62. The van der Waals surface area contributed by atoms with Gasteiger partial charge in [-0.15, -0.1) is 10.2 Å². The van der Waals surface area contributed by atoms with Crippen LogP contribution in [0.3, 0.4) is 0 Å². The van der Waals surface area contributed by atoms with Gasteiger partial charge in [-0.25, -0.2) is 0 Å². The summed E-state index contributed by atoms with van der Waals surface area (Å²) in [5.41, 5.74) is 0. The Balaban J connectivity index is 1.94. The summed E-state index contributed by atoms with van der Waals surface area (Å²) < 4.78 is 5.61. The van der Waals surface area contributed by atoms with Crippen LogP contribution in [0.4, 0.5) is 0 Å². The lowest BCUT2D eigenvalue weighted by Crippen LogP contribution is -2.10. The van der Waals surface area contributed by atoms with E-state index in [1.807, 2.05) is 7.05 Å². The first-order valence-corrected chi connectivity index (χ1v) is 5.37. The Morgan fingerprint density at radius 3 is 2.86 bits per heavy atom. The van der Waals surface area contributed by atoms with Crippen molar-refractivity contribution in [3.8, 4) is 0 Å². The van der Waals surface area contributed by atoms with E-state index < -0.39 is 0 Å². The minimum absolute atomic E-state index is 0.533. The van der Waals surface area contributed by atoms with Crippen LogP contribution in [0.2, 0.25) is 0 Å². The molecule has 1 fully saturated rings. The SMILES string of the molecule is CNCCc1nnc(C2CCCC2)o1. The Hall–Kier alpha value is -0.900. The monoisotopic (exact) mass is 195 g/mol. The molecule has 1 N–H and O–H groups in total. The van der Waals surface area contributed by atoms with Gasteiger partial charge in [-0.3, -0.25) is 0 Å². The van der Waals surface area contributed by atoms with Crippen molar-refractivity contribution in [3.05, 3.63) is 11.8 Å². The molecule has 78 valence electrons. The van der Waals surface area contributed by atoms with Crippen molar-refractivity contribution in [2.24, 2.45) is 0 Å². The predicted octanol–water partition coefficient (Wildman–Crippen LogP) is 1.49. The van der Waals surface area contributed by atoms with Crippen LogP contribution in [0.1, 0.15) is 43.4 Å². The molecular weight excluding hydrogens is 178 g/mol. The number of hydrogen-bond donors (Lipinski definition) is 1. The highest BCUT2D eigenvalue weighted by Crippen LogP contribution is 2.32. The van der Waals surface area contributed by atoms with Gasteiger partial charge in [0, 0.05) is 18.9 Å². The van der Waals surface area contributed by atoms with Crippen LogP contribution in [0.15, 0.2) is 4.42 Å². The maximum absolute atomic E-state index is 5.61. The van der Waals surface area contributed by atoms with Crippen molar-refractivity contribution in [1.29, 1.82) is 0 Å². The van der Waals surface area contributed by atoms with Crippen LogP contribution < -0.4 is 5.32 Å². The molecule has 0 bridgehead atoms. The lowest BCUT2D eigenvalue weighted by Gasteiger charge is -2.00. The fraction of sp³-hybridized carbons (Fsp3) is 0.800. The van der Waals surface area contributed by atoms with Crippen molar-refractivity contribution < 1.29 is 4.42 Å². The van der Waals surface area contributed by atoms with Gasteiger partial charge in [0.2, 0.25) is 11.8 Å². The molecule has 0 unspecified atom stereocenters. The van der Waals surface area contributed by atoms with Crippen LogP contribution in [0.5, 0.6) is 0 Å². The van der Waals surface area contributed by atoms with Gasteiger partial charge in [0.1, 0.15) is 0 Å². The molecule has 4 heteroatoms. The third kappa shape index (κ3) is 2.12. The van der Waals surface area contributed by atoms with E-state index in [0.29, 0.717) is 5.92 Å². The van der Waals surface area contributed by atoms with Crippen molar-refractivity contribution in [2.75, 3.05) is 13.6 Å². The summed E-state index contributed by atoms with van der Waals surface area (Å²) in [6.07, 6.45) is 5.87. The fourth-order valence-corrected chi connectivity index (χ4v) is 1.94. The van der Waals surface area contributed by atoms with E-state index in [4.69, 9.17) is 4.42 Å². The van der Waals surface area contributed by atoms with E-state index in [0.717, 1.165) is 24.7 Å². The number of likely N-dealkylation sites (N-methyl/N-ethyl adjacent to an activating group) is 1. The van der Waals surface area contributed by atoms with E-state index >= 15 is 0 Å². The molecule has 1 aliphatic rings. The third-order valence-electron chi connectivity index (χ3n) is 2.78. The molecule has 1 heterocycles. The molecule has 0 amide bonds. The molecule has 0 radical (unpaired) electrons. The zero-order valence-electron chi connectivity index (χ0n) is 8.62. The molecule has 2 rings (SSSR count). The van der Waals surface area contributed by atoms with E-state index in [1.165, 1.54) is 25.7 Å². The average molecular weight is 195 g/mol. The highest BCUT2D eigenvalue weighted by Gasteiger charge is 2.22. The molecule has 14 heavy (non-hydrogen) atoms. The molecule has 0 spiro atoms. The Labute approximate surface area is 84.1 Å². The van der Waals surface area contributed by atoms with Gasteiger partial charge in [0.05, 0.1) is 0 Å². The first kappa shape index (κ1) is 9.65. The summed E-state index contributed by atoms with van der Waals surface area (Å²) in [6.45, 7) is 0.895. The van der Waals surface area contributed by atoms with Crippen LogP contribution in [-0.2, 0) is 6.42 Å². The third-order valence-corrected chi connectivity index (χ3v) is 2.78. The lowest BCUT2D eigenvalue weighted by molar-refractivity contribution is 0.414. The molecule has 1 saturated carbocycles. The number of aromatic nitrogens is 2. The lowest BCUT2D eigenvalue weighted by atomic mass is 10.1. The average Bonchev–Trinajstić information content (AvgIpc) is 2.85. The van der Waals surface area contributed by atoms with Crippen LogP contribution >= 0.6 is 0 Å². The van der Waals surface area contributed by atoms with Crippen molar-refractivity contribution in [1.82, 2.24) is 15.5 Å². The predicted molar refractivity (Wildman–Crippen MR) is 53.1 cm³/mol. The first-order chi connectivity index (χ1) is 6.90. The van der Waals surface area contributed by atoms with Gasteiger partial charge in [-0.2, -0.15) is 0 Å². The second kappa shape index (κ2) is 4.55. The number of hydrogen-bond acceptors (Lipinski definition) is 4. The molecule has 0 saturated heterocycles. The summed E-state index contributed by atoms with van der Waals surface area (Å²) in [5.74, 6) is 2.15. The summed E-state index contributed by atoms with van der Waals surface area (Å²) >= 11 is 0. The van der Waals surface area contributed by atoms with E-state index in [-0.39, 0.29) is 0 Å². The highest BCUT2D eigenvalue weighted by molar-refractivity contribution is 4.94. The molecule has 4 nitrogen and oxygen atoms in total. The fourth-order valence-electron chi connectivity index (χ4n) is 1.94. The maximum atomic E-state index is 5.61. The molecule has 1 aliphatic carbocycles. The first-order valence-electron chi connectivity index (χ1n) is 5.37. The van der Waals surface area contributed by atoms with Crippen molar-refractivity contribution in [2.45, 2.75) is 38.0 Å². The second-order valence-electron chi connectivity index (χ2n) is 3.87. The summed E-state index contributed by atoms with van der Waals surface area (Å²) in [7, 11) is 1.92. The molecular formula is C10H17N3O. The van der Waals surface area contributed by atoms with Gasteiger partial charge in [0.15, 0.2) is 0 Å². The smallest absolute Gasteiger partial charge is 0.219 e. The van der Waals surface area contributed by atoms with E-state index in [9.17, 15) is 0 Å². The van der Waals surface area contributed by atoms with Gasteiger partial charge in [-0.05, 0) is 19.9 Å². The number of nitrogens with zero attached hydrogens (tertiary/aromatic N) is 2. The van der Waals surface area contributed by atoms with Gasteiger partial charge in [0.25, 0.3) is 0 Å². The molecule has 1 aromatic rings. The Morgan fingerprint density at radius 1 is 1.36 bits per heavy atom. The summed E-state index contributed by atoms with van der Waals surface area (Å²) in [5, 5.41) is 11.2. The minimum Gasteiger partial charge on any atom is -0.425 e. The Kier molecular flexibility index (Phi) is 3.14. The summed E-state index contributed by atoms with van der Waals surface area (Å²) in [6, 6.07) is 0. The Morgan fingerprint density at radius 2 is 2.14 bits per heavy atom. The largest absolute Gasteiger partial charge is 0.425 e. The van der Waals surface area contributed by atoms with E-state index in [1.54, 1.807) is 0 Å². The van der Waals surface area contributed by atoms with Crippen molar-refractivity contribution in [3.63, 3.8) is 0 Å². The number of rotatable bonds is 4. The summed E-state index contributed by atoms with van der Waals surface area (Å²) in [4.78, 5) is 0. The van der Waals surface area contributed by atoms with Crippen LogP contribution in [0.25, 0.3) is 0 Å². The molecule has 0 aromatic carbocycles. The van der Waals surface area contributed by atoms with E-state index in [2.05, 4.69) is 15.5 Å². The van der Waals surface area contributed by atoms with Crippen LogP contribution in [0, 0.1) is 0 Å². The normalized spacial score (nSPS) is 17.8. The quantitative estimate of drug-likeness (QED) is 0.790. The minimum atomic E-state index is 0.533. The van der Waals surface area contributed by atoms with Gasteiger partial charge < -0.3 is 9.73 Å². The van der Waals surface area contributed by atoms with Crippen molar-refractivity contribution >= 4 is 0 Å². The standard InChI is InChI=1S/C10H17N3O/c1-11-7-6-9-12-13-10(14-9)8-4-2-3-5-8/h8,11H,2-7H2,1H3.